The Bertz CT molecular complexity index is 575. The van der Waals surface area contributed by atoms with Crippen LogP contribution in [0.1, 0.15) is 42.5 Å². The van der Waals surface area contributed by atoms with Gasteiger partial charge in [0.25, 0.3) is 5.91 Å². The molecule has 2 rings (SSSR count). The number of nitrogens with one attached hydrogen (secondary N) is 2. The molecule has 1 fully saturated rings. The summed E-state index contributed by atoms with van der Waals surface area (Å²) in [6.45, 7) is 0.500. The van der Waals surface area contributed by atoms with Gasteiger partial charge in [-0.3, -0.25) is 4.79 Å². The van der Waals surface area contributed by atoms with Gasteiger partial charge in [-0.25, -0.2) is 13.1 Å². The number of hydrogen-bond donors (Lipinski definition) is 2. The van der Waals surface area contributed by atoms with Gasteiger partial charge in [-0.1, -0.05) is 19.3 Å². The molecule has 2 N–H and O–H groups in total. The summed E-state index contributed by atoms with van der Waals surface area (Å²) in [5, 5.41) is 2.50. The predicted octanol–water partition coefficient (Wildman–Crippen LogP) is 1.90. The van der Waals surface area contributed by atoms with E-state index in [2.05, 4.69) is 10.0 Å². The lowest BCUT2D eigenvalue weighted by Gasteiger charge is -2.21. The second-order valence-corrected chi connectivity index (χ2v) is 7.23. The molecule has 1 aliphatic carbocycles. The van der Waals surface area contributed by atoms with Crippen LogP contribution in [0.5, 0.6) is 0 Å². The van der Waals surface area contributed by atoms with E-state index in [-0.39, 0.29) is 10.8 Å². The van der Waals surface area contributed by atoms with E-state index in [1.54, 1.807) is 7.05 Å². The van der Waals surface area contributed by atoms with Crippen LogP contribution in [-0.4, -0.2) is 27.9 Å². The predicted molar refractivity (Wildman–Crippen MR) is 81.6 cm³/mol. The van der Waals surface area contributed by atoms with E-state index in [0.717, 1.165) is 12.8 Å². The number of amides is 1. The van der Waals surface area contributed by atoms with Gasteiger partial charge in [-0.15, -0.1) is 0 Å². The van der Waals surface area contributed by atoms with Crippen molar-refractivity contribution in [2.45, 2.75) is 37.0 Å². The number of sulfonamides is 1. The Morgan fingerprint density at radius 1 is 1.14 bits per heavy atom. The van der Waals surface area contributed by atoms with Crippen LogP contribution in [0.4, 0.5) is 0 Å². The van der Waals surface area contributed by atoms with Gasteiger partial charge in [0, 0.05) is 19.2 Å². The molecule has 6 heteroatoms. The Labute approximate surface area is 126 Å². The molecule has 0 unspecified atom stereocenters. The van der Waals surface area contributed by atoms with E-state index >= 15 is 0 Å². The van der Waals surface area contributed by atoms with Gasteiger partial charge in [-0.05, 0) is 43.0 Å². The first kappa shape index (κ1) is 16.0. The molecule has 21 heavy (non-hydrogen) atoms. The Morgan fingerprint density at radius 3 is 2.33 bits per heavy atom. The van der Waals surface area contributed by atoms with Gasteiger partial charge in [0.05, 0.1) is 4.90 Å². The molecule has 0 bridgehead atoms. The molecule has 0 atom stereocenters. The highest BCUT2D eigenvalue weighted by Crippen LogP contribution is 2.23. The lowest BCUT2D eigenvalue weighted by atomic mass is 9.90. The van der Waals surface area contributed by atoms with Gasteiger partial charge in [0.2, 0.25) is 10.0 Å². The van der Waals surface area contributed by atoms with E-state index < -0.39 is 10.0 Å². The third-order valence-electron chi connectivity index (χ3n) is 3.94. The Kier molecular flexibility index (Phi) is 5.36. The fraction of sp³-hybridized carbons (Fsp3) is 0.533. The molecule has 1 saturated carbocycles. The molecule has 116 valence electrons. The van der Waals surface area contributed by atoms with E-state index in [9.17, 15) is 13.2 Å². The van der Waals surface area contributed by atoms with Crippen LogP contribution < -0.4 is 10.0 Å². The Morgan fingerprint density at radius 2 is 1.76 bits per heavy atom. The average Bonchev–Trinajstić information content (AvgIpc) is 2.53. The van der Waals surface area contributed by atoms with Crippen molar-refractivity contribution in [1.82, 2.24) is 10.0 Å². The van der Waals surface area contributed by atoms with Crippen LogP contribution in [0.15, 0.2) is 29.2 Å². The molecule has 0 saturated heterocycles. The normalized spacial score (nSPS) is 16.6. The SMILES string of the molecule is CNC(=O)c1ccc(S(=O)(=O)NCC2CCCCC2)cc1. The quantitative estimate of drug-likeness (QED) is 0.872. The molecule has 0 radical (unpaired) electrons. The second kappa shape index (κ2) is 7.04. The van der Waals surface area contributed by atoms with Gasteiger partial charge in [-0.2, -0.15) is 0 Å². The van der Waals surface area contributed by atoms with Crippen molar-refractivity contribution in [3.63, 3.8) is 0 Å². The molecule has 1 aromatic rings. The van der Waals surface area contributed by atoms with Crippen LogP contribution in [0.2, 0.25) is 0 Å². The third kappa shape index (κ3) is 4.28. The molecule has 0 aliphatic heterocycles. The monoisotopic (exact) mass is 310 g/mol. The summed E-state index contributed by atoms with van der Waals surface area (Å²) in [5.74, 6) is 0.216. The van der Waals surface area contributed by atoms with Gasteiger partial charge in [0.15, 0.2) is 0 Å². The number of benzene rings is 1. The van der Waals surface area contributed by atoms with Crippen molar-refractivity contribution in [3.05, 3.63) is 29.8 Å². The summed E-state index contributed by atoms with van der Waals surface area (Å²) in [5.41, 5.74) is 0.448. The standard InChI is InChI=1S/C15H22N2O3S/c1-16-15(18)13-7-9-14(10-8-13)21(19,20)17-11-12-5-3-2-4-6-12/h7-10,12,17H,2-6,11H2,1H3,(H,16,18). The first-order valence-electron chi connectivity index (χ1n) is 7.35. The summed E-state index contributed by atoms with van der Waals surface area (Å²) >= 11 is 0. The summed E-state index contributed by atoms with van der Waals surface area (Å²) in [6, 6.07) is 5.98. The lowest BCUT2D eigenvalue weighted by Crippen LogP contribution is -2.30. The molecule has 1 amide bonds. The zero-order valence-corrected chi connectivity index (χ0v) is 13.1. The average molecular weight is 310 g/mol. The van der Waals surface area contributed by atoms with Crippen LogP contribution in [0.3, 0.4) is 0 Å². The number of carbonyl (C=O) groups excluding carboxylic acids is 1. The van der Waals surface area contributed by atoms with Crippen LogP contribution >= 0.6 is 0 Å². The molecular weight excluding hydrogens is 288 g/mol. The summed E-state index contributed by atoms with van der Waals surface area (Å²) < 4.78 is 27.1. The summed E-state index contributed by atoms with van der Waals surface area (Å²) in [6.07, 6.45) is 5.82. The minimum atomic E-state index is -3.49. The fourth-order valence-electron chi connectivity index (χ4n) is 2.63. The lowest BCUT2D eigenvalue weighted by molar-refractivity contribution is 0.0963. The van der Waals surface area contributed by atoms with E-state index in [1.807, 2.05) is 0 Å². The molecule has 1 aromatic carbocycles. The van der Waals surface area contributed by atoms with Gasteiger partial charge >= 0.3 is 0 Å². The van der Waals surface area contributed by atoms with Crippen LogP contribution in [-0.2, 0) is 10.0 Å². The van der Waals surface area contributed by atoms with Crippen molar-refractivity contribution in [3.8, 4) is 0 Å². The zero-order chi connectivity index (χ0) is 15.3. The molecule has 0 spiro atoms. The topological polar surface area (TPSA) is 75.3 Å². The summed E-state index contributed by atoms with van der Waals surface area (Å²) in [4.78, 5) is 11.6. The first-order chi connectivity index (χ1) is 10.0. The van der Waals surface area contributed by atoms with Crippen molar-refractivity contribution < 1.29 is 13.2 Å². The van der Waals surface area contributed by atoms with E-state index in [1.165, 1.54) is 43.5 Å². The van der Waals surface area contributed by atoms with E-state index in [0.29, 0.717) is 18.0 Å². The second-order valence-electron chi connectivity index (χ2n) is 5.46. The highest BCUT2D eigenvalue weighted by atomic mass is 32.2. The van der Waals surface area contributed by atoms with Gasteiger partial charge in [0.1, 0.15) is 0 Å². The van der Waals surface area contributed by atoms with Crippen molar-refractivity contribution in [1.29, 1.82) is 0 Å². The van der Waals surface area contributed by atoms with Crippen molar-refractivity contribution in [2.24, 2.45) is 5.92 Å². The number of rotatable bonds is 5. The Hall–Kier alpha value is -1.40. The maximum atomic E-state index is 12.2. The van der Waals surface area contributed by atoms with Crippen molar-refractivity contribution >= 4 is 15.9 Å². The maximum absolute atomic E-state index is 12.2. The van der Waals surface area contributed by atoms with Gasteiger partial charge < -0.3 is 5.32 Å². The highest BCUT2D eigenvalue weighted by molar-refractivity contribution is 7.89. The zero-order valence-electron chi connectivity index (χ0n) is 12.3. The van der Waals surface area contributed by atoms with Crippen LogP contribution in [0.25, 0.3) is 0 Å². The highest BCUT2D eigenvalue weighted by Gasteiger charge is 2.19. The third-order valence-corrected chi connectivity index (χ3v) is 5.38. The van der Waals surface area contributed by atoms with Crippen LogP contribution in [0, 0.1) is 5.92 Å². The fourth-order valence-corrected chi connectivity index (χ4v) is 3.75. The number of hydrogen-bond acceptors (Lipinski definition) is 3. The summed E-state index contributed by atoms with van der Waals surface area (Å²) in [7, 11) is -1.95. The molecule has 0 aromatic heterocycles. The minimum absolute atomic E-state index is 0.200. The smallest absolute Gasteiger partial charge is 0.251 e. The van der Waals surface area contributed by atoms with E-state index in [4.69, 9.17) is 0 Å². The van der Waals surface area contributed by atoms with Crippen molar-refractivity contribution in [2.75, 3.05) is 13.6 Å². The molecule has 1 aliphatic rings. The minimum Gasteiger partial charge on any atom is -0.355 e. The largest absolute Gasteiger partial charge is 0.355 e. The molecule has 0 heterocycles. The molecular formula is C15H22N2O3S. The number of carbonyl (C=O) groups is 1. The first-order valence-corrected chi connectivity index (χ1v) is 8.83. The Balaban J connectivity index is 1.99. The molecule has 5 nitrogen and oxygen atoms in total. The maximum Gasteiger partial charge on any atom is 0.251 e.